The van der Waals surface area contributed by atoms with Crippen molar-refractivity contribution in [2.45, 2.75) is 13.0 Å². The number of halogens is 3. The number of benzene rings is 1. The first-order valence-electron chi connectivity index (χ1n) is 5.37. The Hall–Kier alpha value is -1.51. The molecule has 0 amide bonds. The van der Waals surface area contributed by atoms with Crippen molar-refractivity contribution in [3.05, 3.63) is 35.1 Å². The normalized spacial score (nSPS) is 10.6. The van der Waals surface area contributed by atoms with Gasteiger partial charge in [0.25, 0.3) is 6.43 Å². The first-order valence-corrected chi connectivity index (χ1v) is 5.37. The number of rotatable bonds is 4. The highest BCUT2D eigenvalue weighted by Crippen LogP contribution is 2.13. The summed E-state index contributed by atoms with van der Waals surface area (Å²) >= 11 is 0. The standard InChI is InChI=1S/C13H14F3NO/c1-17(9-13(15)16)8-11-4-5-12(14)7-10(11)3-2-6-18/h4-5,7,13,18H,6,8-9H2,1H3. The Bertz CT molecular complexity index is 451. The number of hydrogen-bond acceptors (Lipinski definition) is 2. The minimum Gasteiger partial charge on any atom is -0.384 e. The highest BCUT2D eigenvalue weighted by molar-refractivity contribution is 5.41. The minimum absolute atomic E-state index is 0.250. The molecule has 1 aromatic rings. The molecule has 0 aliphatic carbocycles. The van der Waals surface area contributed by atoms with Crippen LogP contribution in [0.25, 0.3) is 0 Å². The van der Waals surface area contributed by atoms with Gasteiger partial charge in [-0.3, -0.25) is 4.90 Å². The second kappa shape index (κ2) is 7.04. The molecule has 18 heavy (non-hydrogen) atoms. The second-order valence-corrected chi connectivity index (χ2v) is 3.85. The van der Waals surface area contributed by atoms with Crippen LogP contribution in [0.3, 0.4) is 0 Å². The van der Waals surface area contributed by atoms with Crippen molar-refractivity contribution in [2.75, 3.05) is 20.2 Å². The fourth-order valence-corrected chi connectivity index (χ4v) is 1.53. The van der Waals surface area contributed by atoms with Crippen LogP contribution in [0.2, 0.25) is 0 Å². The number of nitrogens with zero attached hydrogens (tertiary/aromatic N) is 1. The largest absolute Gasteiger partial charge is 0.384 e. The molecule has 0 saturated carbocycles. The average molecular weight is 257 g/mol. The monoisotopic (exact) mass is 257 g/mol. The molecule has 0 saturated heterocycles. The van der Waals surface area contributed by atoms with Crippen LogP contribution in [0.4, 0.5) is 13.2 Å². The molecule has 0 bridgehead atoms. The van der Waals surface area contributed by atoms with E-state index in [9.17, 15) is 13.2 Å². The Morgan fingerprint density at radius 2 is 2.11 bits per heavy atom. The molecule has 1 aromatic carbocycles. The van der Waals surface area contributed by atoms with E-state index in [1.807, 2.05) is 0 Å². The van der Waals surface area contributed by atoms with E-state index < -0.39 is 12.2 Å². The Kier molecular flexibility index (Phi) is 5.69. The van der Waals surface area contributed by atoms with E-state index in [0.717, 1.165) is 0 Å². The maximum atomic E-state index is 13.1. The summed E-state index contributed by atoms with van der Waals surface area (Å²) in [6.45, 7) is -0.437. The summed E-state index contributed by atoms with van der Waals surface area (Å²) in [6, 6.07) is 4.00. The number of alkyl halides is 2. The molecule has 2 nitrogen and oxygen atoms in total. The van der Waals surface area contributed by atoms with Gasteiger partial charge in [-0.25, -0.2) is 13.2 Å². The van der Waals surface area contributed by atoms with Crippen LogP contribution in [0.15, 0.2) is 18.2 Å². The third kappa shape index (κ3) is 4.78. The maximum Gasteiger partial charge on any atom is 0.251 e. The average Bonchev–Trinajstić information content (AvgIpc) is 2.28. The Morgan fingerprint density at radius 3 is 2.72 bits per heavy atom. The zero-order valence-corrected chi connectivity index (χ0v) is 9.96. The molecule has 0 radical (unpaired) electrons. The van der Waals surface area contributed by atoms with Crippen LogP contribution < -0.4 is 0 Å². The molecule has 0 aromatic heterocycles. The predicted octanol–water partition coefficient (Wildman–Crippen LogP) is 1.87. The van der Waals surface area contributed by atoms with Gasteiger partial charge in [-0.1, -0.05) is 17.9 Å². The quantitative estimate of drug-likeness (QED) is 0.832. The van der Waals surface area contributed by atoms with Gasteiger partial charge in [0.1, 0.15) is 12.4 Å². The van der Waals surface area contributed by atoms with Gasteiger partial charge in [0.05, 0.1) is 6.54 Å². The molecule has 0 unspecified atom stereocenters. The SMILES string of the molecule is CN(Cc1ccc(F)cc1C#CCO)CC(F)F. The smallest absolute Gasteiger partial charge is 0.251 e. The molecule has 1 rings (SSSR count). The van der Waals surface area contributed by atoms with Crippen molar-refractivity contribution in [1.29, 1.82) is 0 Å². The Balaban J connectivity index is 2.87. The van der Waals surface area contributed by atoms with Gasteiger partial charge in [0.15, 0.2) is 0 Å². The lowest BCUT2D eigenvalue weighted by Crippen LogP contribution is -2.24. The van der Waals surface area contributed by atoms with E-state index in [1.54, 1.807) is 7.05 Å². The summed E-state index contributed by atoms with van der Waals surface area (Å²) in [4.78, 5) is 1.43. The van der Waals surface area contributed by atoms with Crippen LogP contribution in [0.1, 0.15) is 11.1 Å². The van der Waals surface area contributed by atoms with Crippen LogP contribution >= 0.6 is 0 Å². The van der Waals surface area contributed by atoms with Crippen LogP contribution in [0, 0.1) is 17.7 Å². The van der Waals surface area contributed by atoms with Gasteiger partial charge in [-0.05, 0) is 24.7 Å². The maximum absolute atomic E-state index is 13.1. The first-order chi connectivity index (χ1) is 8.52. The van der Waals surface area contributed by atoms with Gasteiger partial charge < -0.3 is 5.11 Å². The molecule has 0 atom stereocenters. The van der Waals surface area contributed by atoms with Gasteiger partial charge in [0, 0.05) is 12.1 Å². The summed E-state index contributed by atoms with van der Waals surface area (Å²) in [7, 11) is 1.55. The topological polar surface area (TPSA) is 23.5 Å². The molecule has 0 fully saturated rings. The molecule has 1 N–H and O–H groups in total. The lowest BCUT2D eigenvalue weighted by atomic mass is 10.1. The van der Waals surface area contributed by atoms with Gasteiger partial charge in [-0.15, -0.1) is 0 Å². The summed E-state index contributed by atoms with van der Waals surface area (Å²) in [5.74, 6) is 4.58. The number of aliphatic hydroxyl groups is 1. The van der Waals surface area contributed by atoms with Gasteiger partial charge in [-0.2, -0.15) is 0 Å². The minimum atomic E-state index is -2.41. The number of hydrogen-bond donors (Lipinski definition) is 1. The van der Waals surface area contributed by atoms with Gasteiger partial charge >= 0.3 is 0 Å². The molecule has 5 heteroatoms. The van der Waals surface area contributed by atoms with E-state index in [2.05, 4.69) is 11.8 Å². The van der Waals surface area contributed by atoms with Crippen molar-refractivity contribution in [3.63, 3.8) is 0 Å². The van der Waals surface area contributed by atoms with Crippen LogP contribution in [-0.2, 0) is 6.54 Å². The third-order valence-electron chi connectivity index (χ3n) is 2.26. The molecule has 0 aliphatic rings. The lowest BCUT2D eigenvalue weighted by molar-refractivity contribution is 0.0975. The molecular weight excluding hydrogens is 243 g/mol. The molecule has 98 valence electrons. The molecular formula is C13H14F3NO. The van der Waals surface area contributed by atoms with E-state index in [1.165, 1.54) is 23.1 Å². The Labute approximate surface area is 104 Å². The zero-order valence-electron chi connectivity index (χ0n) is 9.96. The van der Waals surface area contributed by atoms with Crippen LogP contribution in [-0.4, -0.2) is 36.6 Å². The highest BCUT2D eigenvalue weighted by Gasteiger charge is 2.10. The van der Waals surface area contributed by atoms with Crippen molar-refractivity contribution < 1.29 is 18.3 Å². The lowest BCUT2D eigenvalue weighted by Gasteiger charge is -2.17. The fraction of sp³-hybridized carbons (Fsp3) is 0.385. The fourth-order valence-electron chi connectivity index (χ4n) is 1.53. The summed E-state index contributed by atoms with van der Waals surface area (Å²) in [5, 5.41) is 8.61. The van der Waals surface area contributed by atoms with Crippen molar-refractivity contribution in [3.8, 4) is 11.8 Å². The zero-order chi connectivity index (χ0) is 13.5. The van der Waals surface area contributed by atoms with E-state index in [0.29, 0.717) is 11.1 Å². The van der Waals surface area contributed by atoms with Crippen molar-refractivity contribution in [2.24, 2.45) is 0 Å². The van der Waals surface area contributed by atoms with Crippen LogP contribution in [0.5, 0.6) is 0 Å². The van der Waals surface area contributed by atoms with E-state index >= 15 is 0 Å². The summed E-state index contributed by atoms with van der Waals surface area (Å²) in [6.07, 6.45) is -2.41. The highest BCUT2D eigenvalue weighted by atomic mass is 19.3. The third-order valence-corrected chi connectivity index (χ3v) is 2.26. The number of aliphatic hydroxyl groups excluding tert-OH is 1. The molecule has 0 spiro atoms. The molecule has 0 heterocycles. The second-order valence-electron chi connectivity index (χ2n) is 3.85. The Morgan fingerprint density at radius 1 is 1.39 bits per heavy atom. The summed E-state index contributed by atoms with van der Waals surface area (Å²) < 4.78 is 37.4. The predicted molar refractivity (Wildman–Crippen MR) is 62.7 cm³/mol. The van der Waals surface area contributed by atoms with Crippen molar-refractivity contribution >= 4 is 0 Å². The summed E-state index contributed by atoms with van der Waals surface area (Å²) in [5.41, 5.74) is 1.06. The van der Waals surface area contributed by atoms with E-state index in [-0.39, 0.29) is 19.7 Å². The molecule has 0 aliphatic heterocycles. The first kappa shape index (κ1) is 14.6. The van der Waals surface area contributed by atoms with Crippen molar-refractivity contribution in [1.82, 2.24) is 4.90 Å². The van der Waals surface area contributed by atoms with Gasteiger partial charge in [0.2, 0.25) is 0 Å². The van der Waals surface area contributed by atoms with E-state index in [4.69, 9.17) is 5.11 Å².